The number of pyridine rings is 1. The van der Waals surface area contributed by atoms with Gasteiger partial charge in [0.15, 0.2) is 12.4 Å². The third-order valence-corrected chi connectivity index (χ3v) is 5.22. The number of carbonyl (C=O) groups is 1. The molecule has 0 radical (unpaired) electrons. The Bertz CT molecular complexity index is 1450. The highest BCUT2D eigenvalue weighted by Gasteiger charge is 2.15. The SMILES string of the molecule is CCc1cccc(Cn2cc(-c3cc(-c4ccco4)nc(NC(=O)COc4ccccc4)n3)nn2)n1. The molecule has 4 aromatic heterocycles. The van der Waals surface area contributed by atoms with Gasteiger partial charge in [0.25, 0.3) is 5.91 Å². The number of benzene rings is 1. The van der Waals surface area contributed by atoms with Crippen molar-refractivity contribution in [2.75, 3.05) is 11.9 Å². The van der Waals surface area contributed by atoms with E-state index in [-0.39, 0.29) is 12.6 Å². The molecule has 36 heavy (non-hydrogen) atoms. The quantitative estimate of drug-likeness (QED) is 0.335. The van der Waals surface area contributed by atoms with E-state index in [2.05, 4.69) is 37.5 Å². The topological polar surface area (TPSA) is 121 Å². The highest BCUT2D eigenvalue weighted by atomic mass is 16.5. The first-order chi connectivity index (χ1) is 17.7. The molecule has 0 aliphatic heterocycles. The van der Waals surface area contributed by atoms with Crippen LogP contribution in [0.1, 0.15) is 18.3 Å². The van der Waals surface area contributed by atoms with Gasteiger partial charge in [0.2, 0.25) is 5.95 Å². The number of hydrogen-bond donors (Lipinski definition) is 1. The maximum Gasteiger partial charge on any atom is 0.264 e. The summed E-state index contributed by atoms with van der Waals surface area (Å²) in [4.78, 5) is 26.0. The van der Waals surface area contributed by atoms with Gasteiger partial charge in [-0.25, -0.2) is 14.6 Å². The summed E-state index contributed by atoms with van der Waals surface area (Å²) >= 11 is 0. The van der Waals surface area contributed by atoms with E-state index in [9.17, 15) is 4.79 Å². The van der Waals surface area contributed by atoms with E-state index in [1.807, 2.05) is 36.4 Å². The van der Waals surface area contributed by atoms with Crippen LogP contribution in [-0.4, -0.2) is 42.5 Å². The number of hydrogen-bond acceptors (Lipinski definition) is 8. The normalized spacial score (nSPS) is 10.8. The molecular formula is C26H23N7O3. The third-order valence-electron chi connectivity index (χ3n) is 5.22. The molecule has 0 bridgehead atoms. The number of ether oxygens (including phenoxy) is 1. The van der Waals surface area contributed by atoms with Gasteiger partial charge in [0.05, 0.1) is 30.4 Å². The largest absolute Gasteiger partial charge is 0.484 e. The molecular weight excluding hydrogens is 458 g/mol. The number of furan rings is 1. The van der Waals surface area contributed by atoms with E-state index in [1.165, 1.54) is 0 Å². The van der Waals surface area contributed by atoms with Crippen LogP contribution in [0.15, 0.2) is 83.6 Å². The Morgan fingerprint density at radius 1 is 0.944 bits per heavy atom. The second-order valence-corrected chi connectivity index (χ2v) is 7.86. The fourth-order valence-electron chi connectivity index (χ4n) is 3.48. The zero-order chi connectivity index (χ0) is 24.7. The van der Waals surface area contributed by atoms with Crippen LogP contribution in [0, 0.1) is 0 Å². The molecule has 10 nitrogen and oxygen atoms in total. The predicted octanol–water partition coefficient (Wildman–Crippen LogP) is 4.02. The van der Waals surface area contributed by atoms with Crippen molar-refractivity contribution in [3.8, 4) is 28.6 Å². The Balaban J connectivity index is 1.37. The number of anilines is 1. The molecule has 0 saturated carbocycles. The van der Waals surface area contributed by atoms with Gasteiger partial charge in [-0.1, -0.05) is 36.4 Å². The first-order valence-corrected chi connectivity index (χ1v) is 11.4. The van der Waals surface area contributed by atoms with E-state index in [4.69, 9.17) is 9.15 Å². The molecule has 1 amide bonds. The summed E-state index contributed by atoms with van der Waals surface area (Å²) in [6, 6.07) is 20.3. The van der Waals surface area contributed by atoms with Gasteiger partial charge in [-0.2, -0.15) is 0 Å². The minimum Gasteiger partial charge on any atom is -0.484 e. The van der Waals surface area contributed by atoms with Crippen molar-refractivity contribution in [2.45, 2.75) is 19.9 Å². The minimum absolute atomic E-state index is 0.104. The first-order valence-electron chi connectivity index (χ1n) is 11.4. The summed E-state index contributed by atoms with van der Waals surface area (Å²) in [7, 11) is 0. The Labute approximate surface area is 207 Å². The summed E-state index contributed by atoms with van der Waals surface area (Å²) in [6.45, 7) is 2.35. The van der Waals surface area contributed by atoms with E-state index in [1.54, 1.807) is 47.5 Å². The highest BCUT2D eigenvalue weighted by Crippen LogP contribution is 2.24. The average Bonchev–Trinajstić information content (AvgIpc) is 3.61. The van der Waals surface area contributed by atoms with Crippen LogP contribution in [0.3, 0.4) is 0 Å². The van der Waals surface area contributed by atoms with Crippen molar-refractivity contribution in [3.63, 3.8) is 0 Å². The smallest absolute Gasteiger partial charge is 0.264 e. The van der Waals surface area contributed by atoms with Crippen molar-refractivity contribution in [2.24, 2.45) is 0 Å². The zero-order valence-electron chi connectivity index (χ0n) is 19.5. The lowest BCUT2D eigenvalue weighted by atomic mass is 10.2. The Morgan fingerprint density at radius 2 is 1.78 bits per heavy atom. The van der Waals surface area contributed by atoms with Crippen LogP contribution < -0.4 is 10.1 Å². The molecule has 0 aliphatic carbocycles. The van der Waals surface area contributed by atoms with Crippen LogP contribution in [0.25, 0.3) is 22.8 Å². The molecule has 1 aromatic carbocycles. The number of para-hydroxylation sites is 1. The number of aromatic nitrogens is 6. The lowest BCUT2D eigenvalue weighted by molar-refractivity contribution is -0.118. The molecule has 0 spiro atoms. The summed E-state index contributed by atoms with van der Waals surface area (Å²) in [5.41, 5.74) is 3.40. The average molecular weight is 482 g/mol. The Hall–Kier alpha value is -4.86. The number of carbonyl (C=O) groups excluding carboxylic acids is 1. The van der Waals surface area contributed by atoms with Gasteiger partial charge in [-0.3, -0.25) is 15.1 Å². The Morgan fingerprint density at radius 3 is 2.58 bits per heavy atom. The fourth-order valence-corrected chi connectivity index (χ4v) is 3.48. The van der Waals surface area contributed by atoms with E-state index < -0.39 is 5.91 Å². The maximum absolute atomic E-state index is 12.5. The Kier molecular flexibility index (Phi) is 6.74. The summed E-state index contributed by atoms with van der Waals surface area (Å²) in [5.74, 6) is 0.830. The van der Waals surface area contributed by atoms with Gasteiger partial charge in [-0.15, -0.1) is 5.10 Å². The fraction of sp³-hybridized carbons (Fsp3) is 0.154. The van der Waals surface area contributed by atoms with E-state index in [0.29, 0.717) is 35.1 Å². The van der Waals surface area contributed by atoms with Gasteiger partial charge in [-0.05, 0) is 48.9 Å². The second kappa shape index (κ2) is 10.6. The molecule has 0 saturated heterocycles. The molecule has 0 atom stereocenters. The van der Waals surface area contributed by atoms with Crippen LogP contribution in [0.5, 0.6) is 5.75 Å². The van der Waals surface area contributed by atoms with Gasteiger partial charge in [0.1, 0.15) is 17.1 Å². The summed E-state index contributed by atoms with van der Waals surface area (Å²) in [5, 5.41) is 11.2. The number of nitrogens with one attached hydrogen (secondary N) is 1. The lowest BCUT2D eigenvalue weighted by Gasteiger charge is -2.08. The molecule has 0 unspecified atom stereocenters. The lowest BCUT2D eigenvalue weighted by Crippen LogP contribution is -2.21. The minimum atomic E-state index is -0.396. The van der Waals surface area contributed by atoms with Crippen molar-refractivity contribution < 1.29 is 13.9 Å². The summed E-state index contributed by atoms with van der Waals surface area (Å²) < 4.78 is 12.7. The molecule has 1 N–H and O–H groups in total. The maximum atomic E-state index is 12.5. The summed E-state index contributed by atoms with van der Waals surface area (Å²) in [6.07, 6.45) is 4.19. The van der Waals surface area contributed by atoms with Crippen molar-refractivity contribution in [1.29, 1.82) is 0 Å². The molecule has 180 valence electrons. The van der Waals surface area contributed by atoms with E-state index >= 15 is 0 Å². The van der Waals surface area contributed by atoms with Crippen LogP contribution in [0.4, 0.5) is 5.95 Å². The molecule has 5 rings (SSSR count). The zero-order valence-corrected chi connectivity index (χ0v) is 19.5. The molecule has 0 fully saturated rings. The van der Waals surface area contributed by atoms with Crippen LogP contribution >= 0.6 is 0 Å². The second-order valence-electron chi connectivity index (χ2n) is 7.86. The number of amides is 1. The van der Waals surface area contributed by atoms with Crippen molar-refractivity contribution in [3.05, 3.63) is 90.6 Å². The number of nitrogens with zero attached hydrogens (tertiary/aromatic N) is 6. The molecule has 5 aromatic rings. The van der Waals surface area contributed by atoms with E-state index in [0.717, 1.165) is 17.8 Å². The monoisotopic (exact) mass is 481 g/mol. The third kappa shape index (κ3) is 5.61. The van der Waals surface area contributed by atoms with Gasteiger partial charge < -0.3 is 9.15 Å². The molecule has 10 heteroatoms. The molecule has 4 heterocycles. The predicted molar refractivity (Wildman–Crippen MR) is 132 cm³/mol. The standard InChI is InChI=1S/C26H23N7O3/c1-2-18-8-6-9-19(27-18)15-33-16-23(31-32-33)21-14-22(24-12-7-13-35-24)29-26(28-21)30-25(34)17-36-20-10-4-3-5-11-20/h3-14,16H,2,15,17H2,1H3,(H,28,29,30,34). The highest BCUT2D eigenvalue weighted by molar-refractivity contribution is 5.90. The molecule has 0 aliphatic rings. The first kappa shape index (κ1) is 22.9. The van der Waals surface area contributed by atoms with Crippen molar-refractivity contribution in [1.82, 2.24) is 29.9 Å². The van der Waals surface area contributed by atoms with Gasteiger partial charge >= 0.3 is 0 Å². The van der Waals surface area contributed by atoms with Crippen LogP contribution in [0.2, 0.25) is 0 Å². The van der Waals surface area contributed by atoms with Crippen molar-refractivity contribution >= 4 is 11.9 Å². The van der Waals surface area contributed by atoms with Gasteiger partial charge in [0, 0.05) is 5.69 Å². The number of aryl methyl sites for hydroxylation is 1. The van der Waals surface area contributed by atoms with Crippen LogP contribution in [-0.2, 0) is 17.8 Å². The number of rotatable bonds is 9.